The summed E-state index contributed by atoms with van der Waals surface area (Å²) in [4.78, 5) is 0. The first-order chi connectivity index (χ1) is 6.20. The lowest BCUT2D eigenvalue weighted by atomic mass is 10.1. The zero-order valence-corrected chi connectivity index (χ0v) is 8.69. The van der Waals surface area contributed by atoms with E-state index in [0.29, 0.717) is 6.54 Å². The Hall–Kier alpha value is -0.730. The quantitative estimate of drug-likeness (QED) is 0.810. The minimum absolute atomic E-state index is 0.583. The summed E-state index contributed by atoms with van der Waals surface area (Å²) < 4.78 is 5.19. The third-order valence-corrected chi connectivity index (χ3v) is 2.53. The molecule has 2 nitrogen and oxygen atoms in total. The predicted octanol–water partition coefficient (Wildman–Crippen LogP) is 2.16. The van der Waals surface area contributed by atoms with Crippen LogP contribution in [0.25, 0.3) is 0 Å². The smallest absolute Gasteiger partial charge is 0.123 e. The van der Waals surface area contributed by atoms with Gasteiger partial charge in [-0.05, 0) is 31.5 Å². The summed E-state index contributed by atoms with van der Waals surface area (Å²) in [6.45, 7) is 2.56. The Balaban J connectivity index is 3.15. The Morgan fingerprint density at radius 2 is 2.15 bits per heavy atom. The van der Waals surface area contributed by atoms with E-state index in [-0.39, 0.29) is 0 Å². The van der Waals surface area contributed by atoms with Crippen molar-refractivity contribution < 1.29 is 4.74 Å². The van der Waals surface area contributed by atoms with Crippen molar-refractivity contribution >= 4 is 11.6 Å². The van der Waals surface area contributed by atoms with Gasteiger partial charge in [0.25, 0.3) is 0 Å². The molecule has 0 heterocycles. The van der Waals surface area contributed by atoms with Crippen molar-refractivity contribution in [3.05, 3.63) is 28.3 Å². The molecule has 1 aromatic rings. The normalized spacial score (nSPS) is 10.2. The number of hydrogen-bond donors (Lipinski definition) is 1. The van der Waals surface area contributed by atoms with Crippen LogP contribution >= 0.6 is 11.6 Å². The summed E-state index contributed by atoms with van der Waals surface area (Å²) in [7, 11) is 1.64. The lowest BCUT2D eigenvalue weighted by Crippen LogP contribution is -2.05. The van der Waals surface area contributed by atoms with Gasteiger partial charge in [-0.2, -0.15) is 0 Å². The van der Waals surface area contributed by atoms with Gasteiger partial charge in [-0.25, -0.2) is 0 Å². The van der Waals surface area contributed by atoms with Crippen LogP contribution in [0.3, 0.4) is 0 Å². The van der Waals surface area contributed by atoms with Gasteiger partial charge in [0.2, 0.25) is 0 Å². The summed E-state index contributed by atoms with van der Waals surface area (Å²) in [5.74, 6) is 0.820. The van der Waals surface area contributed by atoms with E-state index in [2.05, 4.69) is 0 Å². The van der Waals surface area contributed by atoms with Crippen molar-refractivity contribution in [1.29, 1.82) is 0 Å². The molecule has 0 aliphatic rings. The lowest BCUT2D eigenvalue weighted by molar-refractivity contribution is 0.409. The third-order valence-electron chi connectivity index (χ3n) is 2.01. The minimum atomic E-state index is 0.583. The largest absolute Gasteiger partial charge is 0.496 e. The average molecular weight is 200 g/mol. The van der Waals surface area contributed by atoms with Crippen molar-refractivity contribution in [2.45, 2.75) is 13.3 Å². The van der Waals surface area contributed by atoms with E-state index in [1.165, 1.54) is 0 Å². The fraction of sp³-hybridized carbons (Fsp3) is 0.400. The van der Waals surface area contributed by atoms with Crippen molar-refractivity contribution in [1.82, 2.24) is 0 Å². The molecule has 0 radical (unpaired) electrons. The van der Waals surface area contributed by atoms with Gasteiger partial charge in [0.05, 0.1) is 12.1 Å². The van der Waals surface area contributed by atoms with Gasteiger partial charge in [-0.3, -0.25) is 0 Å². The molecule has 2 N–H and O–H groups in total. The number of benzene rings is 1. The molecule has 0 unspecified atom stereocenters. The summed E-state index contributed by atoms with van der Waals surface area (Å²) in [6.07, 6.45) is 0.754. The fourth-order valence-electron chi connectivity index (χ4n) is 1.29. The molecular formula is C10H14ClNO. The van der Waals surface area contributed by atoms with Crippen LogP contribution in [-0.2, 0) is 6.42 Å². The van der Waals surface area contributed by atoms with E-state index < -0.39 is 0 Å². The molecule has 72 valence electrons. The van der Waals surface area contributed by atoms with Crippen LogP contribution in [0.15, 0.2) is 12.1 Å². The molecule has 1 rings (SSSR count). The van der Waals surface area contributed by atoms with Crippen LogP contribution in [-0.4, -0.2) is 13.7 Å². The van der Waals surface area contributed by atoms with Crippen LogP contribution in [0.4, 0.5) is 0 Å². The lowest BCUT2D eigenvalue weighted by Gasteiger charge is -2.11. The molecule has 0 atom stereocenters. The highest BCUT2D eigenvalue weighted by Gasteiger charge is 2.08. The van der Waals surface area contributed by atoms with Crippen molar-refractivity contribution in [2.75, 3.05) is 13.7 Å². The molecular weight excluding hydrogens is 186 g/mol. The van der Waals surface area contributed by atoms with E-state index in [1.807, 2.05) is 19.1 Å². The van der Waals surface area contributed by atoms with E-state index in [9.17, 15) is 0 Å². The van der Waals surface area contributed by atoms with Gasteiger partial charge >= 0.3 is 0 Å². The summed E-state index contributed by atoms with van der Waals surface area (Å²) in [5.41, 5.74) is 7.56. The fourth-order valence-corrected chi connectivity index (χ4v) is 1.54. The molecule has 0 saturated carbocycles. The Kier molecular flexibility index (Phi) is 3.58. The number of nitrogens with two attached hydrogens (primary N) is 1. The molecule has 0 aromatic heterocycles. The van der Waals surface area contributed by atoms with E-state index in [4.69, 9.17) is 22.1 Å². The summed E-state index contributed by atoms with van der Waals surface area (Å²) in [6, 6.07) is 3.87. The Morgan fingerprint density at radius 3 is 2.69 bits per heavy atom. The molecule has 0 saturated heterocycles. The second-order valence-corrected chi connectivity index (χ2v) is 3.29. The highest BCUT2D eigenvalue weighted by atomic mass is 35.5. The van der Waals surface area contributed by atoms with Gasteiger partial charge in [0, 0.05) is 5.56 Å². The zero-order valence-electron chi connectivity index (χ0n) is 7.93. The minimum Gasteiger partial charge on any atom is -0.496 e. The summed E-state index contributed by atoms with van der Waals surface area (Å²) in [5, 5.41) is 0.768. The predicted molar refractivity (Wildman–Crippen MR) is 55.5 cm³/mol. The SMILES string of the molecule is COc1ccc(C)c(Cl)c1CCN. The zero-order chi connectivity index (χ0) is 9.84. The molecule has 0 fully saturated rings. The molecule has 0 bridgehead atoms. The number of rotatable bonds is 3. The second-order valence-electron chi connectivity index (χ2n) is 2.92. The molecule has 0 amide bonds. The van der Waals surface area contributed by atoms with Crippen molar-refractivity contribution in [3.8, 4) is 5.75 Å². The van der Waals surface area contributed by atoms with Gasteiger partial charge in [0.1, 0.15) is 5.75 Å². The van der Waals surface area contributed by atoms with Crippen LogP contribution in [0.2, 0.25) is 5.02 Å². The molecule has 0 aliphatic carbocycles. The van der Waals surface area contributed by atoms with Crippen LogP contribution in [0.1, 0.15) is 11.1 Å². The van der Waals surface area contributed by atoms with E-state index in [1.54, 1.807) is 7.11 Å². The maximum atomic E-state index is 6.12. The first-order valence-electron chi connectivity index (χ1n) is 4.22. The van der Waals surface area contributed by atoms with E-state index >= 15 is 0 Å². The third kappa shape index (κ3) is 2.14. The highest BCUT2D eigenvalue weighted by Crippen LogP contribution is 2.29. The molecule has 13 heavy (non-hydrogen) atoms. The first-order valence-corrected chi connectivity index (χ1v) is 4.60. The van der Waals surface area contributed by atoms with Crippen LogP contribution in [0, 0.1) is 6.92 Å². The highest BCUT2D eigenvalue weighted by molar-refractivity contribution is 6.32. The number of hydrogen-bond acceptors (Lipinski definition) is 2. The van der Waals surface area contributed by atoms with Crippen LogP contribution < -0.4 is 10.5 Å². The maximum absolute atomic E-state index is 6.12. The molecule has 0 aliphatic heterocycles. The standard InChI is InChI=1S/C10H14ClNO/c1-7-3-4-9(13-2)8(5-6-12)10(7)11/h3-4H,5-6,12H2,1-2H3. The second kappa shape index (κ2) is 4.49. The molecule has 0 spiro atoms. The van der Waals surface area contributed by atoms with Gasteiger partial charge in [-0.1, -0.05) is 17.7 Å². The van der Waals surface area contributed by atoms with Gasteiger partial charge < -0.3 is 10.5 Å². The maximum Gasteiger partial charge on any atom is 0.123 e. The Labute approximate surface area is 83.6 Å². The van der Waals surface area contributed by atoms with Crippen LogP contribution in [0.5, 0.6) is 5.75 Å². The van der Waals surface area contributed by atoms with Crippen molar-refractivity contribution in [2.24, 2.45) is 5.73 Å². The topological polar surface area (TPSA) is 35.2 Å². The number of methoxy groups -OCH3 is 1. The molecule has 1 aromatic carbocycles. The number of halogens is 1. The monoisotopic (exact) mass is 199 g/mol. The van der Waals surface area contributed by atoms with Gasteiger partial charge in [-0.15, -0.1) is 0 Å². The van der Waals surface area contributed by atoms with E-state index in [0.717, 1.165) is 28.3 Å². The Bertz CT molecular complexity index is 299. The summed E-state index contributed by atoms with van der Waals surface area (Å²) >= 11 is 6.12. The van der Waals surface area contributed by atoms with Gasteiger partial charge in [0.15, 0.2) is 0 Å². The van der Waals surface area contributed by atoms with Crippen molar-refractivity contribution in [3.63, 3.8) is 0 Å². The first kappa shape index (κ1) is 10.4. The Morgan fingerprint density at radius 1 is 1.46 bits per heavy atom. The average Bonchev–Trinajstić information content (AvgIpc) is 2.14. The molecule has 3 heteroatoms. The number of aryl methyl sites for hydroxylation is 1. The number of ether oxygens (including phenoxy) is 1.